The molecule has 1 amide bonds. The number of hydrogen-bond donors (Lipinski definition) is 1. The molecular weight excluding hydrogens is 351 g/mol. The van der Waals surface area contributed by atoms with Crippen molar-refractivity contribution in [2.75, 3.05) is 13.1 Å². The lowest BCUT2D eigenvalue weighted by atomic mass is 9.90. The molecule has 144 valence electrons. The zero-order valence-electron chi connectivity index (χ0n) is 16.2. The molecule has 4 rings (SSSR count). The minimum Gasteiger partial charge on any atom is -0.361 e. The maximum absolute atomic E-state index is 13.1. The van der Waals surface area contributed by atoms with Crippen molar-refractivity contribution in [3.05, 3.63) is 77.7 Å². The number of nitrogens with zero attached hydrogens (tertiary/aromatic N) is 1. The number of piperidine rings is 1. The van der Waals surface area contributed by atoms with Gasteiger partial charge in [0.2, 0.25) is 0 Å². The lowest BCUT2D eigenvalue weighted by molar-refractivity contribution is 0.0690. The van der Waals surface area contributed by atoms with Gasteiger partial charge in [0.05, 0.1) is 0 Å². The van der Waals surface area contributed by atoms with E-state index in [-0.39, 0.29) is 11.7 Å². The number of carbonyl (C=O) groups excluding carboxylic acids is 1. The molecule has 0 unspecified atom stereocenters. The van der Waals surface area contributed by atoms with Crippen LogP contribution in [0.5, 0.6) is 0 Å². The van der Waals surface area contributed by atoms with Gasteiger partial charge in [0.15, 0.2) is 0 Å². The third-order valence-electron chi connectivity index (χ3n) is 5.73. The summed E-state index contributed by atoms with van der Waals surface area (Å²) in [5, 5.41) is 1.05. The first-order valence-corrected chi connectivity index (χ1v) is 9.82. The molecule has 1 fully saturated rings. The van der Waals surface area contributed by atoms with Crippen LogP contribution in [0.3, 0.4) is 0 Å². The van der Waals surface area contributed by atoms with Gasteiger partial charge in [-0.15, -0.1) is 0 Å². The number of benzene rings is 2. The molecule has 0 aliphatic carbocycles. The number of likely N-dealkylation sites (tertiary alicyclic amines) is 1. The summed E-state index contributed by atoms with van der Waals surface area (Å²) in [5.74, 6) is 0.436. The van der Waals surface area contributed by atoms with Gasteiger partial charge in [-0.3, -0.25) is 4.79 Å². The Bertz CT molecular complexity index is 1010. The van der Waals surface area contributed by atoms with E-state index in [1.54, 1.807) is 0 Å². The number of aromatic amines is 1. The van der Waals surface area contributed by atoms with Crippen LogP contribution in [0.2, 0.25) is 0 Å². The van der Waals surface area contributed by atoms with Gasteiger partial charge >= 0.3 is 0 Å². The third kappa shape index (κ3) is 3.72. The summed E-state index contributed by atoms with van der Waals surface area (Å²) >= 11 is 0. The van der Waals surface area contributed by atoms with Crippen LogP contribution >= 0.6 is 0 Å². The van der Waals surface area contributed by atoms with Crippen LogP contribution in [-0.4, -0.2) is 28.9 Å². The molecule has 1 aliphatic rings. The Balaban J connectivity index is 1.42. The van der Waals surface area contributed by atoms with Crippen LogP contribution in [0, 0.1) is 11.7 Å². The summed E-state index contributed by atoms with van der Waals surface area (Å²) in [6, 6.07) is 12.6. The van der Waals surface area contributed by atoms with Crippen LogP contribution < -0.4 is 0 Å². The highest BCUT2D eigenvalue weighted by Crippen LogP contribution is 2.27. The average Bonchev–Trinajstić information content (AvgIpc) is 3.13. The first kappa shape index (κ1) is 18.5. The minimum absolute atomic E-state index is 0.0935. The van der Waals surface area contributed by atoms with Gasteiger partial charge in [0, 0.05) is 41.3 Å². The Hall–Kier alpha value is -2.88. The monoisotopic (exact) mass is 376 g/mol. The fourth-order valence-corrected chi connectivity index (χ4v) is 4.08. The number of allylic oxidation sites excluding steroid dienone is 1. The predicted octanol–water partition coefficient (Wildman–Crippen LogP) is 5.44. The molecule has 0 spiro atoms. The van der Waals surface area contributed by atoms with Crippen molar-refractivity contribution in [3.63, 3.8) is 0 Å². The number of carbonyl (C=O) groups is 1. The third-order valence-corrected chi connectivity index (χ3v) is 5.73. The number of fused-ring (bicyclic) bond motifs is 1. The minimum atomic E-state index is -0.196. The SMILES string of the molecule is C=C(C)c1c[nH]c2ccc(C(=O)N3CCC(Cc4ccc(F)cc4)CC3)cc12. The molecule has 1 aliphatic heterocycles. The van der Waals surface area contributed by atoms with E-state index in [0.717, 1.165) is 65.5 Å². The number of aromatic nitrogens is 1. The number of amides is 1. The zero-order chi connectivity index (χ0) is 19.7. The van der Waals surface area contributed by atoms with E-state index in [1.165, 1.54) is 12.1 Å². The van der Waals surface area contributed by atoms with Crippen molar-refractivity contribution in [1.29, 1.82) is 0 Å². The fourth-order valence-electron chi connectivity index (χ4n) is 4.08. The van der Waals surface area contributed by atoms with Crippen molar-refractivity contribution < 1.29 is 9.18 Å². The average molecular weight is 376 g/mol. The van der Waals surface area contributed by atoms with Gasteiger partial charge in [0.25, 0.3) is 5.91 Å². The number of H-pyrrole nitrogens is 1. The first-order valence-electron chi connectivity index (χ1n) is 9.82. The summed E-state index contributed by atoms with van der Waals surface area (Å²) in [6.07, 6.45) is 4.85. The highest BCUT2D eigenvalue weighted by molar-refractivity contribution is 6.00. The van der Waals surface area contributed by atoms with Gasteiger partial charge in [-0.05, 0) is 73.6 Å². The molecule has 1 saturated heterocycles. The largest absolute Gasteiger partial charge is 0.361 e. The molecule has 0 bridgehead atoms. The summed E-state index contributed by atoms with van der Waals surface area (Å²) < 4.78 is 13.1. The first-order chi connectivity index (χ1) is 13.5. The Labute approximate surface area is 164 Å². The van der Waals surface area contributed by atoms with Crippen molar-refractivity contribution in [1.82, 2.24) is 9.88 Å². The second-order valence-corrected chi connectivity index (χ2v) is 7.81. The Morgan fingerprint density at radius 3 is 2.57 bits per heavy atom. The van der Waals surface area contributed by atoms with E-state index < -0.39 is 0 Å². The van der Waals surface area contributed by atoms with Gasteiger partial charge in [-0.1, -0.05) is 18.7 Å². The van der Waals surface area contributed by atoms with E-state index in [9.17, 15) is 9.18 Å². The Kier molecular flexibility index (Phi) is 5.03. The van der Waals surface area contributed by atoms with E-state index >= 15 is 0 Å². The fraction of sp³-hybridized carbons (Fsp3) is 0.292. The maximum atomic E-state index is 13.1. The predicted molar refractivity (Wildman–Crippen MR) is 112 cm³/mol. The molecule has 3 nitrogen and oxygen atoms in total. The van der Waals surface area contributed by atoms with Crippen molar-refractivity contribution in [3.8, 4) is 0 Å². The van der Waals surface area contributed by atoms with Crippen molar-refractivity contribution >= 4 is 22.4 Å². The van der Waals surface area contributed by atoms with Crippen LogP contribution in [-0.2, 0) is 6.42 Å². The number of hydrogen-bond acceptors (Lipinski definition) is 1. The summed E-state index contributed by atoms with van der Waals surface area (Å²) in [7, 11) is 0. The molecule has 1 aromatic heterocycles. The van der Waals surface area contributed by atoms with Gasteiger partial charge in [-0.2, -0.15) is 0 Å². The smallest absolute Gasteiger partial charge is 0.253 e. The van der Waals surface area contributed by atoms with Crippen LogP contribution in [0.4, 0.5) is 4.39 Å². The van der Waals surface area contributed by atoms with Crippen LogP contribution in [0.15, 0.2) is 55.2 Å². The number of nitrogens with one attached hydrogen (secondary N) is 1. The van der Waals surface area contributed by atoms with Crippen molar-refractivity contribution in [2.24, 2.45) is 5.92 Å². The molecule has 28 heavy (non-hydrogen) atoms. The maximum Gasteiger partial charge on any atom is 0.253 e. The van der Waals surface area contributed by atoms with Crippen LogP contribution in [0.25, 0.3) is 16.5 Å². The molecule has 1 N–H and O–H groups in total. The number of halogens is 1. The molecule has 0 atom stereocenters. The molecule has 2 aromatic carbocycles. The van der Waals surface area contributed by atoms with E-state index in [2.05, 4.69) is 11.6 Å². The molecule has 4 heteroatoms. The standard InChI is InChI=1S/C24H25FN2O/c1-16(2)22-15-26-23-8-5-19(14-21(22)23)24(28)27-11-9-18(10-12-27)13-17-3-6-20(25)7-4-17/h3-8,14-15,18,26H,1,9-13H2,2H3. The van der Waals surface area contributed by atoms with E-state index in [4.69, 9.17) is 0 Å². The second kappa shape index (κ2) is 7.63. The summed E-state index contributed by atoms with van der Waals surface area (Å²) in [6.45, 7) is 7.53. The molecule has 0 saturated carbocycles. The lowest BCUT2D eigenvalue weighted by Crippen LogP contribution is -2.38. The quantitative estimate of drug-likeness (QED) is 0.647. The Morgan fingerprint density at radius 2 is 1.89 bits per heavy atom. The molecule has 2 heterocycles. The van der Waals surface area contributed by atoms with Gasteiger partial charge in [0.1, 0.15) is 5.82 Å². The number of rotatable bonds is 4. The normalized spacial score (nSPS) is 15.1. The van der Waals surface area contributed by atoms with Crippen molar-refractivity contribution in [2.45, 2.75) is 26.2 Å². The summed E-state index contributed by atoms with van der Waals surface area (Å²) in [4.78, 5) is 18.2. The molecular formula is C24H25FN2O. The topological polar surface area (TPSA) is 36.1 Å². The highest BCUT2D eigenvalue weighted by Gasteiger charge is 2.24. The molecule has 3 aromatic rings. The van der Waals surface area contributed by atoms with Gasteiger partial charge in [-0.25, -0.2) is 4.39 Å². The van der Waals surface area contributed by atoms with Crippen LogP contribution in [0.1, 0.15) is 41.3 Å². The zero-order valence-corrected chi connectivity index (χ0v) is 16.2. The lowest BCUT2D eigenvalue weighted by Gasteiger charge is -2.32. The highest BCUT2D eigenvalue weighted by atomic mass is 19.1. The van der Waals surface area contributed by atoms with E-state index in [0.29, 0.717) is 5.92 Å². The Morgan fingerprint density at radius 1 is 1.18 bits per heavy atom. The second-order valence-electron chi connectivity index (χ2n) is 7.81. The molecule has 0 radical (unpaired) electrons. The van der Waals surface area contributed by atoms with E-state index in [1.807, 2.05) is 48.4 Å². The summed E-state index contributed by atoms with van der Waals surface area (Å²) in [5.41, 5.74) is 4.95. The van der Waals surface area contributed by atoms with Gasteiger partial charge < -0.3 is 9.88 Å².